The first-order chi connectivity index (χ1) is 17.0. The molecule has 10 nitrogen and oxygen atoms in total. The number of piperazine rings is 2. The summed E-state index contributed by atoms with van der Waals surface area (Å²) in [5.41, 5.74) is 0.890. The van der Waals surface area contributed by atoms with Crippen molar-refractivity contribution in [3.63, 3.8) is 0 Å². The standard InChI is InChI=1S/C25H37N9O/c1-18(2)32-12-14-33(15-13-32)21(31-26)6-5-11-27-24-28-16-19-7-8-20-23(35)29-17-25(9-3-4-10-25)34(20)22(19)30-24/h5,7-8,11,16,18,20H,3-4,6,9-10,12-15,17,26H2,1-2H3,(H,29,35)(H,27,28,30)/b11-5+,31-21-. The minimum atomic E-state index is -0.313. The molecule has 35 heavy (non-hydrogen) atoms. The molecule has 1 saturated carbocycles. The van der Waals surface area contributed by atoms with Crippen LogP contribution in [0.15, 0.2) is 29.7 Å². The van der Waals surface area contributed by atoms with E-state index >= 15 is 0 Å². The number of carbonyl (C=O) groups is 1. The quantitative estimate of drug-likeness (QED) is 0.253. The highest BCUT2D eigenvalue weighted by atomic mass is 16.2. The van der Waals surface area contributed by atoms with Gasteiger partial charge in [0, 0.05) is 63.1 Å². The van der Waals surface area contributed by atoms with Gasteiger partial charge in [0.25, 0.3) is 0 Å². The predicted molar refractivity (Wildman–Crippen MR) is 139 cm³/mol. The van der Waals surface area contributed by atoms with E-state index in [0.717, 1.165) is 56.2 Å². The summed E-state index contributed by atoms with van der Waals surface area (Å²) < 4.78 is 0. The van der Waals surface area contributed by atoms with Crippen molar-refractivity contribution >= 4 is 29.6 Å². The molecule has 5 rings (SSSR count). The Labute approximate surface area is 207 Å². The number of hydrazone groups is 1. The van der Waals surface area contributed by atoms with Gasteiger partial charge in [-0.3, -0.25) is 9.69 Å². The molecule has 1 aliphatic carbocycles. The SMILES string of the molecule is CC(C)N1CCN(/C(C/C=C/Nc2ncc3c(n2)N2C(C=C3)C(=O)NCC23CCCC3)=N\N)CC1. The lowest BCUT2D eigenvalue weighted by atomic mass is 9.87. The van der Waals surface area contributed by atoms with E-state index in [2.05, 4.69) is 49.3 Å². The molecule has 4 heterocycles. The van der Waals surface area contributed by atoms with E-state index < -0.39 is 0 Å². The number of amides is 1. The van der Waals surface area contributed by atoms with Gasteiger partial charge in [-0.25, -0.2) is 4.98 Å². The van der Waals surface area contributed by atoms with Crippen LogP contribution in [0.4, 0.5) is 11.8 Å². The first kappa shape index (κ1) is 23.6. The average molecular weight is 480 g/mol. The molecule has 0 bridgehead atoms. The fourth-order valence-electron chi connectivity index (χ4n) is 5.85. The highest BCUT2D eigenvalue weighted by Crippen LogP contribution is 2.43. The maximum Gasteiger partial charge on any atom is 0.246 e. The summed E-state index contributed by atoms with van der Waals surface area (Å²) in [6.45, 7) is 9.05. The van der Waals surface area contributed by atoms with E-state index in [1.165, 1.54) is 12.8 Å². The van der Waals surface area contributed by atoms with Gasteiger partial charge in [-0.05, 0) is 26.7 Å². The number of amidine groups is 1. The van der Waals surface area contributed by atoms with Gasteiger partial charge in [0.1, 0.15) is 17.7 Å². The Kier molecular flexibility index (Phi) is 6.64. The summed E-state index contributed by atoms with van der Waals surface area (Å²) in [5, 5.41) is 10.4. The Morgan fingerprint density at radius 2 is 2.09 bits per heavy atom. The van der Waals surface area contributed by atoms with Crippen LogP contribution in [0, 0.1) is 0 Å². The highest BCUT2D eigenvalue weighted by molar-refractivity contribution is 5.93. The first-order valence-electron chi connectivity index (χ1n) is 12.8. The molecule has 3 aliphatic heterocycles. The molecular formula is C25H37N9O. The first-order valence-corrected chi connectivity index (χ1v) is 12.8. The van der Waals surface area contributed by atoms with Gasteiger partial charge >= 0.3 is 0 Å². The Bertz CT molecular complexity index is 1020. The van der Waals surface area contributed by atoms with E-state index in [1.54, 1.807) is 0 Å². The number of aromatic nitrogens is 2. The lowest BCUT2D eigenvalue weighted by Gasteiger charge is -2.50. The number of nitrogens with one attached hydrogen (secondary N) is 2. The zero-order chi connectivity index (χ0) is 24.4. The lowest BCUT2D eigenvalue weighted by Crippen LogP contribution is -2.67. The van der Waals surface area contributed by atoms with Crippen molar-refractivity contribution in [1.29, 1.82) is 0 Å². The molecule has 1 atom stereocenters. The Balaban J connectivity index is 1.25. The Hall–Kier alpha value is -3.14. The normalized spacial score (nSPS) is 24.3. The number of carbonyl (C=O) groups excluding carboxylic acids is 1. The van der Waals surface area contributed by atoms with Gasteiger partial charge in [-0.1, -0.05) is 31.1 Å². The summed E-state index contributed by atoms with van der Waals surface area (Å²) in [5.74, 6) is 7.99. The maximum atomic E-state index is 12.6. The highest BCUT2D eigenvalue weighted by Gasteiger charge is 2.49. The van der Waals surface area contributed by atoms with Crippen molar-refractivity contribution in [3.05, 3.63) is 30.1 Å². The maximum absolute atomic E-state index is 12.6. The third-order valence-corrected chi connectivity index (χ3v) is 7.86. The summed E-state index contributed by atoms with van der Waals surface area (Å²) in [6.07, 6.45) is 14.7. The number of fused-ring (bicyclic) bond motifs is 4. The second-order valence-electron chi connectivity index (χ2n) is 10.2. The van der Waals surface area contributed by atoms with Crippen molar-refractivity contribution in [2.75, 3.05) is 42.9 Å². The monoisotopic (exact) mass is 479 g/mol. The second kappa shape index (κ2) is 9.85. The van der Waals surface area contributed by atoms with Gasteiger partial charge in [0.15, 0.2) is 0 Å². The van der Waals surface area contributed by atoms with Gasteiger partial charge in [-0.15, -0.1) is 0 Å². The van der Waals surface area contributed by atoms with E-state index in [1.807, 2.05) is 30.6 Å². The molecule has 10 heteroatoms. The number of nitrogens with two attached hydrogens (primary N) is 1. The van der Waals surface area contributed by atoms with Gasteiger partial charge in [-0.2, -0.15) is 10.1 Å². The zero-order valence-electron chi connectivity index (χ0n) is 20.8. The lowest BCUT2D eigenvalue weighted by molar-refractivity contribution is -0.123. The van der Waals surface area contributed by atoms with Crippen LogP contribution in [-0.4, -0.2) is 81.9 Å². The Morgan fingerprint density at radius 1 is 1.31 bits per heavy atom. The van der Waals surface area contributed by atoms with Crippen molar-refractivity contribution in [1.82, 2.24) is 25.1 Å². The van der Waals surface area contributed by atoms with Crippen molar-refractivity contribution in [2.45, 2.75) is 63.6 Å². The molecule has 188 valence electrons. The summed E-state index contributed by atoms with van der Waals surface area (Å²) in [6, 6.07) is 0.247. The molecule has 4 N–H and O–H groups in total. The minimum Gasteiger partial charge on any atom is -0.356 e. The molecule has 4 aliphatic rings. The third-order valence-electron chi connectivity index (χ3n) is 7.86. The largest absolute Gasteiger partial charge is 0.356 e. The third kappa shape index (κ3) is 4.59. The van der Waals surface area contributed by atoms with Crippen LogP contribution in [-0.2, 0) is 4.79 Å². The van der Waals surface area contributed by atoms with Gasteiger partial charge in [0.05, 0.1) is 5.54 Å². The molecule has 1 unspecified atom stereocenters. The summed E-state index contributed by atoms with van der Waals surface area (Å²) in [4.78, 5) is 29.0. The van der Waals surface area contributed by atoms with Crippen LogP contribution >= 0.6 is 0 Å². The van der Waals surface area contributed by atoms with Crippen molar-refractivity contribution < 1.29 is 4.79 Å². The average Bonchev–Trinajstić information content (AvgIpc) is 3.35. The van der Waals surface area contributed by atoms with Gasteiger partial charge < -0.3 is 26.3 Å². The molecule has 1 amide bonds. The smallest absolute Gasteiger partial charge is 0.246 e. The number of hydrogen-bond acceptors (Lipinski definition) is 8. The summed E-state index contributed by atoms with van der Waals surface area (Å²) in [7, 11) is 0. The van der Waals surface area contributed by atoms with Crippen LogP contribution in [0.3, 0.4) is 0 Å². The van der Waals surface area contributed by atoms with Crippen LogP contribution in [0.2, 0.25) is 0 Å². The topological polar surface area (TPSA) is 115 Å². The van der Waals surface area contributed by atoms with Crippen LogP contribution < -0.4 is 21.4 Å². The van der Waals surface area contributed by atoms with E-state index in [0.29, 0.717) is 25.0 Å². The molecule has 1 spiro atoms. The molecule has 3 fully saturated rings. The predicted octanol–water partition coefficient (Wildman–Crippen LogP) is 1.73. The van der Waals surface area contributed by atoms with Crippen LogP contribution in [0.1, 0.15) is 51.5 Å². The molecule has 1 aromatic heterocycles. The number of anilines is 2. The van der Waals surface area contributed by atoms with E-state index in [9.17, 15) is 4.79 Å². The molecule has 2 saturated heterocycles. The van der Waals surface area contributed by atoms with E-state index in [-0.39, 0.29) is 17.5 Å². The molecular weight excluding hydrogens is 442 g/mol. The van der Waals surface area contributed by atoms with Crippen LogP contribution in [0.25, 0.3) is 6.08 Å². The fourth-order valence-corrected chi connectivity index (χ4v) is 5.85. The zero-order valence-corrected chi connectivity index (χ0v) is 20.8. The number of hydrogen-bond donors (Lipinski definition) is 3. The summed E-state index contributed by atoms with van der Waals surface area (Å²) >= 11 is 0. The second-order valence-corrected chi connectivity index (χ2v) is 10.2. The molecule has 1 aromatic rings. The molecule has 0 aromatic carbocycles. The fraction of sp³-hybridized carbons (Fsp3) is 0.600. The van der Waals surface area contributed by atoms with E-state index in [4.69, 9.17) is 10.8 Å². The van der Waals surface area contributed by atoms with Crippen molar-refractivity contribution in [2.24, 2.45) is 10.9 Å². The van der Waals surface area contributed by atoms with Crippen LogP contribution in [0.5, 0.6) is 0 Å². The van der Waals surface area contributed by atoms with Crippen molar-refractivity contribution in [3.8, 4) is 0 Å². The molecule has 0 radical (unpaired) electrons. The Morgan fingerprint density at radius 3 is 2.80 bits per heavy atom. The van der Waals surface area contributed by atoms with Gasteiger partial charge in [0.2, 0.25) is 11.9 Å². The number of rotatable bonds is 5. The minimum absolute atomic E-state index is 0.0419. The number of nitrogens with zero attached hydrogens (tertiary/aromatic N) is 6.